The first-order chi connectivity index (χ1) is 8.83. The van der Waals surface area contributed by atoms with Crippen molar-refractivity contribution >= 4 is 11.4 Å². The quantitative estimate of drug-likeness (QED) is 0.739. The minimum absolute atomic E-state index is 0.756. The third-order valence-corrected chi connectivity index (χ3v) is 2.81. The Morgan fingerprint density at radius 1 is 1.11 bits per heavy atom. The minimum atomic E-state index is 0.756. The van der Waals surface area contributed by atoms with E-state index in [1.165, 1.54) is 0 Å². The molecule has 2 aromatic rings. The van der Waals surface area contributed by atoms with Crippen molar-refractivity contribution in [3.05, 3.63) is 48.7 Å². The first-order valence-corrected chi connectivity index (χ1v) is 5.86. The fourth-order valence-corrected chi connectivity index (χ4v) is 1.91. The first-order valence-electron chi connectivity index (χ1n) is 5.86. The summed E-state index contributed by atoms with van der Waals surface area (Å²) in [5.41, 5.74) is 4.13. The highest BCUT2D eigenvalue weighted by atomic mass is 15.5. The van der Waals surface area contributed by atoms with E-state index in [-0.39, 0.29) is 0 Å². The molecule has 1 aromatic heterocycles. The lowest BCUT2D eigenvalue weighted by atomic mass is 10.1. The van der Waals surface area contributed by atoms with Gasteiger partial charge < -0.3 is 0 Å². The second-order valence-electron chi connectivity index (χ2n) is 4.25. The van der Waals surface area contributed by atoms with E-state index in [0.29, 0.717) is 0 Å². The van der Waals surface area contributed by atoms with Gasteiger partial charge in [-0.3, -0.25) is 4.98 Å². The Labute approximate surface area is 105 Å². The molecule has 88 valence electrons. The van der Waals surface area contributed by atoms with Crippen LogP contribution in [0.3, 0.4) is 0 Å². The van der Waals surface area contributed by atoms with Crippen LogP contribution in [0.1, 0.15) is 6.92 Å². The van der Waals surface area contributed by atoms with E-state index in [9.17, 15) is 0 Å². The van der Waals surface area contributed by atoms with Crippen molar-refractivity contribution in [2.75, 3.05) is 6.54 Å². The maximum atomic E-state index is 4.35. The van der Waals surface area contributed by atoms with Crippen LogP contribution in [0, 0.1) is 0 Å². The molecule has 18 heavy (non-hydrogen) atoms. The number of benzene rings is 1. The van der Waals surface area contributed by atoms with Gasteiger partial charge in [0.25, 0.3) is 0 Å². The van der Waals surface area contributed by atoms with Crippen LogP contribution in [0.2, 0.25) is 0 Å². The van der Waals surface area contributed by atoms with Crippen molar-refractivity contribution in [1.82, 2.24) is 4.98 Å². The van der Waals surface area contributed by atoms with Gasteiger partial charge in [-0.05, 0) is 24.3 Å². The molecule has 0 N–H and O–H groups in total. The lowest BCUT2D eigenvalue weighted by Gasteiger charge is -2.02. The molecule has 0 amide bonds. The highest BCUT2D eigenvalue weighted by Gasteiger charge is 2.18. The molecule has 0 bridgehead atoms. The molecule has 0 aliphatic carbocycles. The molecule has 4 heteroatoms. The van der Waals surface area contributed by atoms with E-state index in [1.807, 2.05) is 42.0 Å². The molecular weight excluding hydrogens is 224 g/mol. The predicted molar refractivity (Wildman–Crippen MR) is 70.0 cm³/mol. The highest BCUT2D eigenvalue weighted by molar-refractivity contribution is 5.83. The van der Waals surface area contributed by atoms with Crippen LogP contribution >= 0.6 is 0 Å². The average Bonchev–Trinajstić information content (AvgIpc) is 2.87. The summed E-state index contributed by atoms with van der Waals surface area (Å²) >= 11 is 0. The topological polar surface area (TPSA) is 40.6 Å². The molecule has 0 unspecified atom stereocenters. The van der Waals surface area contributed by atoms with Gasteiger partial charge in [0.2, 0.25) is 0 Å². The molecule has 3 rings (SSSR count). The van der Waals surface area contributed by atoms with Gasteiger partial charge in [0.1, 0.15) is 5.22 Å². The Kier molecular flexibility index (Phi) is 2.68. The zero-order valence-electron chi connectivity index (χ0n) is 10.1. The zero-order chi connectivity index (χ0) is 12.4. The molecule has 0 saturated heterocycles. The predicted octanol–water partition coefficient (Wildman–Crippen LogP) is 3.23. The van der Waals surface area contributed by atoms with E-state index in [1.54, 1.807) is 6.20 Å². The van der Waals surface area contributed by atoms with E-state index < -0.39 is 0 Å². The monoisotopic (exact) mass is 237 g/mol. The Morgan fingerprint density at radius 2 is 2.06 bits per heavy atom. The number of aromatic nitrogens is 1. The number of nitrogens with zero attached hydrogens (tertiary/aromatic N) is 4. The van der Waals surface area contributed by atoms with E-state index in [2.05, 4.69) is 27.4 Å². The van der Waals surface area contributed by atoms with E-state index >= 15 is 0 Å². The van der Waals surface area contributed by atoms with Gasteiger partial charge in [-0.1, -0.05) is 18.2 Å². The van der Waals surface area contributed by atoms with Crippen molar-refractivity contribution in [3.63, 3.8) is 0 Å². The summed E-state index contributed by atoms with van der Waals surface area (Å²) < 4.78 is 1.89. The SMILES string of the molecule is CC1=NN=[N+](c2cccc(-c3ccccn3)c2)C1. The van der Waals surface area contributed by atoms with Gasteiger partial charge in [-0.25, -0.2) is 0 Å². The molecule has 1 aliphatic heterocycles. The third-order valence-electron chi connectivity index (χ3n) is 2.81. The Balaban J connectivity index is 1.96. The van der Waals surface area contributed by atoms with Crippen LogP contribution in [0.5, 0.6) is 0 Å². The zero-order valence-corrected chi connectivity index (χ0v) is 10.1. The second kappa shape index (κ2) is 4.49. The standard InChI is InChI=1S/C14H13N4/c1-11-10-18(17-16-11)13-6-4-5-12(9-13)14-7-2-3-8-15-14/h2-9H,10H2,1H3/q+1. The van der Waals surface area contributed by atoms with Gasteiger partial charge in [-0.2, -0.15) is 0 Å². The molecule has 0 spiro atoms. The van der Waals surface area contributed by atoms with Gasteiger partial charge >= 0.3 is 0 Å². The van der Waals surface area contributed by atoms with Crippen molar-refractivity contribution in [2.45, 2.75) is 6.92 Å². The molecule has 1 aliphatic rings. The largest absolute Gasteiger partial charge is 0.256 e. The van der Waals surface area contributed by atoms with Crippen LogP contribution < -0.4 is 0 Å². The molecule has 2 heterocycles. The van der Waals surface area contributed by atoms with Crippen LogP contribution in [0.15, 0.2) is 59.0 Å². The molecule has 4 nitrogen and oxygen atoms in total. The highest BCUT2D eigenvalue weighted by Crippen LogP contribution is 2.23. The summed E-state index contributed by atoms with van der Waals surface area (Å²) in [6, 6.07) is 14.1. The maximum Gasteiger partial charge on any atom is 0.198 e. The summed E-state index contributed by atoms with van der Waals surface area (Å²) in [7, 11) is 0. The fraction of sp³-hybridized carbons (Fsp3) is 0.143. The molecule has 0 atom stereocenters. The van der Waals surface area contributed by atoms with Crippen molar-refractivity contribution < 1.29 is 4.70 Å². The minimum Gasteiger partial charge on any atom is -0.256 e. The number of rotatable bonds is 2. The number of hydrogen-bond donors (Lipinski definition) is 0. The van der Waals surface area contributed by atoms with Crippen LogP contribution in [0.4, 0.5) is 5.69 Å². The third kappa shape index (κ3) is 2.05. The van der Waals surface area contributed by atoms with Crippen LogP contribution in [-0.2, 0) is 0 Å². The lowest BCUT2D eigenvalue weighted by Crippen LogP contribution is -2.06. The summed E-state index contributed by atoms with van der Waals surface area (Å²) in [5.74, 6) is 0. The molecular formula is C14H13N4+. The number of pyridine rings is 1. The second-order valence-corrected chi connectivity index (χ2v) is 4.25. The lowest BCUT2D eigenvalue weighted by molar-refractivity contribution is -0.492. The van der Waals surface area contributed by atoms with Crippen molar-refractivity contribution in [3.8, 4) is 11.3 Å². The van der Waals surface area contributed by atoms with Crippen LogP contribution in [-0.4, -0.2) is 21.9 Å². The Morgan fingerprint density at radius 3 is 2.78 bits per heavy atom. The van der Waals surface area contributed by atoms with Gasteiger partial charge in [0.15, 0.2) is 17.9 Å². The summed E-state index contributed by atoms with van der Waals surface area (Å²) in [6.45, 7) is 2.73. The summed E-state index contributed by atoms with van der Waals surface area (Å²) in [4.78, 5) is 4.35. The Bertz CT molecular complexity index is 629. The van der Waals surface area contributed by atoms with Crippen molar-refractivity contribution in [1.29, 1.82) is 0 Å². The maximum absolute atomic E-state index is 4.35. The van der Waals surface area contributed by atoms with Gasteiger partial charge in [-0.15, -0.1) is 4.70 Å². The fourth-order valence-electron chi connectivity index (χ4n) is 1.91. The first kappa shape index (κ1) is 10.8. The molecule has 0 saturated carbocycles. The molecule has 0 fully saturated rings. The van der Waals surface area contributed by atoms with Gasteiger partial charge in [0.05, 0.1) is 10.8 Å². The smallest absolute Gasteiger partial charge is 0.198 e. The average molecular weight is 237 g/mol. The van der Waals surface area contributed by atoms with E-state index in [0.717, 1.165) is 29.2 Å². The Hall–Kier alpha value is -2.36. The van der Waals surface area contributed by atoms with E-state index in [4.69, 9.17) is 0 Å². The van der Waals surface area contributed by atoms with Crippen LogP contribution in [0.25, 0.3) is 11.3 Å². The molecule has 0 radical (unpaired) electrons. The normalized spacial score (nSPS) is 14.3. The van der Waals surface area contributed by atoms with Gasteiger partial charge in [0, 0.05) is 18.7 Å². The number of hydrogen-bond acceptors (Lipinski definition) is 3. The van der Waals surface area contributed by atoms with Crippen molar-refractivity contribution in [2.24, 2.45) is 10.3 Å². The molecule has 1 aromatic carbocycles. The summed E-state index contributed by atoms with van der Waals surface area (Å²) in [6.07, 6.45) is 1.80. The summed E-state index contributed by atoms with van der Waals surface area (Å²) in [5, 5.41) is 8.17.